The van der Waals surface area contributed by atoms with Gasteiger partial charge < -0.3 is 10.3 Å². The molecule has 0 saturated heterocycles. The Morgan fingerprint density at radius 3 is 2.90 bits per heavy atom. The molecule has 100 valence electrons. The highest BCUT2D eigenvalue weighted by molar-refractivity contribution is 9.10. The molecular formula is C15H12BrN3O. The molecule has 0 atom stereocenters. The third kappa shape index (κ3) is 2.58. The average molecular weight is 330 g/mol. The number of hydrogen-bond donors (Lipinski definition) is 2. The predicted octanol–water partition coefficient (Wildman–Crippen LogP) is 3.89. The van der Waals surface area contributed by atoms with E-state index in [9.17, 15) is 4.79 Å². The molecule has 3 rings (SSSR count). The molecule has 20 heavy (non-hydrogen) atoms. The van der Waals surface area contributed by atoms with Crippen molar-refractivity contribution in [3.63, 3.8) is 0 Å². The lowest BCUT2D eigenvalue weighted by Gasteiger charge is -2.05. The number of aryl methyl sites for hydroxylation is 1. The van der Waals surface area contributed by atoms with Gasteiger partial charge in [0, 0.05) is 15.7 Å². The fraction of sp³-hybridized carbons (Fsp3) is 0.0667. The molecule has 1 heterocycles. The molecule has 1 amide bonds. The molecule has 0 aliphatic heterocycles. The number of aromatic amines is 1. The number of anilines is 1. The van der Waals surface area contributed by atoms with Gasteiger partial charge in [0.15, 0.2) is 0 Å². The first-order valence-electron chi connectivity index (χ1n) is 6.15. The zero-order valence-corrected chi connectivity index (χ0v) is 12.4. The van der Waals surface area contributed by atoms with Gasteiger partial charge in [-0.3, -0.25) is 4.79 Å². The van der Waals surface area contributed by atoms with Crippen molar-refractivity contribution >= 4 is 38.6 Å². The van der Waals surface area contributed by atoms with Gasteiger partial charge in [-0.05, 0) is 43.3 Å². The number of imidazole rings is 1. The summed E-state index contributed by atoms with van der Waals surface area (Å²) in [4.78, 5) is 19.7. The number of carbonyl (C=O) groups excluding carboxylic acids is 1. The van der Waals surface area contributed by atoms with Crippen molar-refractivity contribution in [2.45, 2.75) is 6.92 Å². The minimum absolute atomic E-state index is 0.141. The van der Waals surface area contributed by atoms with E-state index in [1.54, 1.807) is 6.07 Å². The van der Waals surface area contributed by atoms with Crippen LogP contribution in [0, 0.1) is 6.92 Å². The Morgan fingerprint density at radius 2 is 2.10 bits per heavy atom. The Balaban J connectivity index is 1.88. The van der Waals surface area contributed by atoms with E-state index in [0.29, 0.717) is 5.56 Å². The monoisotopic (exact) mass is 329 g/mol. The second kappa shape index (κ2) is 5.09. The van der Waals surface area contributed by atoms with Crippen LogP contribution < -0.4 is 5.32 Å². The minimum atomic E-state index is -0.141. The first-order valence-corrected chi connectivity index (χ1v) is 6.94. The van der Waals surface area contributed by atoms with Crippen LogP contribution in [-0.4, -0.2) is 15.9 Å². The Hall–Kier alpha value is -2.14. The lowest BCUT2D eigenvalue weighted by molar-refractivity contribution is 0.102. The molecule has 2 N–H and O–H groups in total. The second-order valence-electron chi connectivity index (χ2n) is 4.52. The SMILES string of the molecule is Cc1nc2ccc(C(=O)Nc3cccc(Br)c3)cc2[nH]1. The third-order valence-electron chi connectivity index (χ3n) is 2.94. The summed E-state index contributed by atoms with van der Waals surface area (Å²) in [5, 5.41) is 2.87. The zero-order valence-electron chi connectivity index (χ0n) is 10.8. The van der Waals surface area contributed by atoms with Gasteiger partial charge in [0.1, 0.15) is 5.82 Å². The number of aromatic nitrogens is 2. The van der Waals surface area contributed by atoms with Gasteiger partial charge in [0.25, 0.3) is 5.91 Å². The maximum Gasteiger partial charge on any atom is 0.255 e. The minimum Gasteiger partial charge on any atom is -0.342 e. The van der Waals surface area contributed by atoms with Gasteiger partial charge in [-0.15, -0.1) is 0 Å². The van der Waals surface area contributed by atoms with Gasteiger partial charge in [0.2, 0.25) is 0 Å². The summed E-state index contributed by atoms with van der Waals surface area (Å²) in [6, 6.07) is 12.9. The van der Waals surface area contributed by atoms with E-state index < -0.39 is 0 Å². The number of rotatable bonds is 2. The van der Waals surface area contributed by atoms with Crippen LogP contribution in [-0.2, 0) is 0 Å². The van der Waals surface area contributed by atoms with E-state index in [1.807, 2.05) is 43.3 Å². The van der Waals surface area contributed by atoms with Crippen molar-refractivity contribution in [3.8, 4) is 0 Å². The molecule has 0 aliphatic rings. The lowest BCUT2D eigenvalue weighted by Crippen LogP contribution is -2.11. The molecule has 0 aliphatic carbocycles. The van der Waals surface area contributed by atoms with Crippen LogP contribution >= 0.6 is 15.9 Å². The molecule has 4 nitrogen and oxygen atoms in total. The fourth-order valence-corrected chi connectivity index (χ4v) is 2.45. The summed E-state index contributed by atoms with van der Waals surface area (Å²) in [5.41, 5.74) is 3.08. The van der Waals surface area contributed by atoms with Crippen LogP contribution in [0.15, 0.2) is 46.9 Å². The standard InChI is InChI=1S/C15H12BrN3O/c1-9-17-13-6-5-10(7-14(13)18-9)15(20)19-12-4-2-3-11(16)8-12/h2-8H,1H3,(H,17,18)(H,19,20). The van der Waals surface area contributed by atoms with Crippen LogP contribution in [0.3, 0.4) is 0 Å². The summed E-state index contributed by atoms with van der Waals surface area (Å²) < 4.78 is 0.926. The smallest absolute Gasteiger partial charge is 0.255 e. The second-order valence-corrected chi connectivity index (χ2v) is 5.43. The maximum absolute atomic E-state index is 12.2. The van der Waals surface area contributed by atoms with E-state index >= 15 is 0 Å². The molecular weight excluding hydrogens is 318 g/mol. The number of benzene rings is 2. The number of carbonyl (C=O) groups is 1. The van der Waals surface area contributed by atoms with E-state index in [0.717, 1.165) is 27.0 Å². The molecule has 0 spiro atoms. The highest BCUT2D eigenvalue weighted by atomic mass is 79.9. The summed E-state index contributed by atoms with van der Waals surface area (Å²) in [6.07, 6.45) is 0. The average Bonchev–Trinajstić information content (AvgIpc) is 2.77. The molecule has 0 fully saturated rings. The summed E-state index contributed by atoms with van der Waals surface area (Å²) in [5.74, 6) is 0.696. The van der Waals surface area contributed by atoms with Crippen molar-refractivity contribution in [2.24, 2.45) is 0 Å². The number of nitrogens with zero attached hydrogens (tertiary/aromatic N) is 1. The number of hydrogen-bond acceptors (Lipinski definition) is 2. The topological polar surface area (TPSA) is 57.8 Å². The molecule has 0 bridgehead atoms. The van der Waals surface area contributed by atoms with E-state index in [4.69, 9.17) is 0 Å². The van der Waals surface area contributed by atoms with E-state index in [1.165, 1.54) is 0 Å². The van der Waals surface area contributed by atoms with Crippen LogP contribution in [0.1, 0.15) is 16.2 Å². The number of nitrogens with one attached hydrogen (secondary N) is 2. The Labute approximate surface area is 124 Å². The van der Waals surface area contributed by atoms with Gasteiger partial charge in [-0.25, -0.2) is 4.98 Å². The van der Waals surface area contributed by atoms with E-state index in [-0.39, 0.29) is 5.91 Å². The predicted molar refractivity (Wildman–Crippen MR) is 82.9 cm³/mol. The lowest BCUT2D eigenvalue weighted by atomic mass is 10.2. The maximum atomic E-state index is 12.2. The molecule has 0 saturated carbocycles. The molecule has 5 heteroatoms. The van der Waals surface area contributed by atoms with Crippen molar-refractivity contribution in [1.29, 1.82) is 0 Å². The summed E-state index contributed by atoms with van der Waals surface area (Å²) in [6.45, 7) is 1.89. The fourth-order valence-electron chi connectivity index (χ4n) is 2.05. The van der Waals surface area contributed by atoms with Crippen LogP contribution in [0.4, 0.5) is 5.69 Å². The first-order chi connectivity index (χ1) is 9.61. The number of fused-ring (bicyclic) bond motifs is 1. The van der Waals surface area contributed by atoms with Crippen LogP contribution in [0.2, 0.25) is 0 Å². The summed E-state index contributed by atoms with van der Waals surface area (Å²) in [7, 11) is 0. The molecule has 0 radical (unpaired) electrons. The third-order valence-corrected chi connectivity index (χ3v) is 3.44. The van der Waals surface area contributed by atoms with Crippen LogP contribution in [0.25, 0.3) is 11.0 Å². The Bertz CT molecular complexity index is 795. The van der Waals surface area contributed by atoms with Crippen molar-refractivity contribution < 1.29 is 4.79 Å². The van der Waals surface area contributed by atoms with Crippen molar-refractivity contribution in [1.82, 2.24) is 9.97 Å². The number of amides is 1. The molecule has 3 aromatic rings. The highest BCUT2D eigenvalue weighted by Crippen LogP contribution is 2.18. The molecule has 1 aromatic heterocycles. The van der Waals surface area contributed by atoms with Crippen molar-refractivity contribution in [2.75, 3.05) is 5.32 Å². The van der Waals surface area contributed by atoms with E-state index in [2.05, 4.69) is 31.2 Å². The van der Waals surface area contributed by atoms with Crippen LogP contribution in [0.5, 0.6) is 0 Å². The van der Waals surface area contributed by atoms with Crippen molar-refractivity contribution in [3.05, 3.63) is 58.3 Å². The quantitative estimate of drug-likeness (QED) is 0.749. The Morgan fingerprint density at radius 1 is 1.25 bits per heavy atom. The number of halogens is 1. The van der Waals surface area contributed by atoms with Gasteiger partial charge in [-0.2, -0.15) is 0 Å². The van der Waals surface area contributed by atoms with Gasteiger partial charge >= 0.3 is 0 Å². The number of H-pyrrole nitrogens is 1. The first kappa shape index (κ1) is 12.9. The van der Waals surface area contributed by atoms with Gasteiger partial charge in [-0.1, -0.05) is 22.0 Å². The molecule has 2 aromatic carbocycles. The highest BCUT2D eigenvalue weighted by Gasteiger charge is 2.08. The summed E-state index contributed by atoms with van der Waals surface area (Å²) >= 11 is 3.38. The zero-order chi connectivity index (χ0) is 14.1. The van der Waals surface area contributed by atoms with Gasteiger partial charge in [0.05, 0.1) is 11.0 Å². The Kier molecular flexibility index (Phi) is 3.28. The molecule has 0 unspecified atom stereocenters. The normalized spacial score (nSPS) is 10.7. The largest absolute Gasteiger partial charge is 0.342 e.